The minimum absolute atomic E-state index is 0.500. The van der Waals surface area contributed by atoms with Crippen molar-refractivity contribution in [2.75, 3.05) is 13.1 Å². The molecule has 1 atom stereocenters. The van der Waals surface area contributed by atoms with Crippen molar-refractivity contribution in [1.82, 2.24) is 15.1 Å². The second-order valence-corrected chi connectivity index (χ2v) is 2.86. The standard InChI is InChI=1S/C9H17N3/c1-3-9(8-10-4-2)12-7-5-6-11-12/h5-7,9-10H,3-4,8H2,1-2H3/t9-/m0/s1. The molecule has 0 amide bonds. The molecule has 1 rings (SSSR count). The average molecular weight is 167 g/mol. The third-order valence-electron chi connectivity index (χ3n) is 2.00. The molecule has 0 aliphatic carbocycles. The summed E-state index contributed by atoms with van der Waals surface area (Å²) in [7, 11) is 0. The first-order chi connectivity index (χ1) is 5.88. The molecule has 0 bridgehead atoms. The molecule has 1 aromatic heterocycles. The second kappa shape index (κ2) is 4.93. The molecule has 68 valence electrons. The van der Waals surface area contributed by atoms with Crippen molar-refractivity contribution in [1.29, 1.82) is 0 Å². The SMILES string of the molecule is CCNC[C@H](CC)n1cccn1. The van der Waals surface area contributed by atoms with Gasteiger partial charge < -0.3 is 5.32 Å². The highest BCUT2D eigenvalue weighted by atomic mass is 15.3. The molecule has 0 aliphatic rings. The first-order valence-corrected chi connectivity index (χ1v) is 4.58. The van der Waals surface area contributed by atoms with Crippen LogP contribution in [0.2, 0.25) is 0 Å². The van der Waals surface area contributed by atoms with Gasteiger partial charge >= 0.3 is 0 Å². The molecule has 1 aromatic rings. The number of nitrogens with zero attached hydrogens (tertiary/aromatic N) is 2. The monoisotopic (exact) mass is 167 g/mol. The van der Waals surface area contributed by atoms with Crippen LogP contribution in [-0.4, -0.2) is 22.9 Å². The van der Waals surface area contributed by atoms with E-state index in [0.29, 0.717) is 6.04 Å². The van der Waals surface area contributed by atoms with Crippen molar-refractivity contribution in [3.63, 3.8) is 0 Å². The quantitative estimate of drug-likeness (QED) is 0.719. The van der Waals surface area contributed by atoms with Gasteiger partial charge in [0.05, 0.1) is 6.04 Å². The van der Waals surface area contributed by atoms with Gasteiger partial charge in [-0.3, -0.25) is 4.68 Å². The number of rotatable bonds is 5. The summed E-state index contributed by atoms with van der Waals surface area (Å²) >= 11 is 0. The largest absolute Gasteiger partial charge is 0.315 e. The van der Waals surface area contributed by atoms with Gasteiger partial charge in [0.25, 0.3) is 0 Å². The molecule has 0 unspecified atom stereocenters. The van der Waals surface area contributed by atoms with Crippen LogP contribution in [0.15, 0.2) is 18.5 Å². The predicted octanol–water partition coefficient (Wildman–Crippen LogP) is 1.44. The first kappa shape index (κ1) is 9.26. The van der Waals surface area contributed by atoms with Crippen LogP contribution in [0.4, 0.5) is 0 Å². The van der Waals surface area contributed by atoms with E-state index in [2.05, 4.69) is 24.3 Å². The molecular formula is C9H17N3. The molecule has 0 spiro atoms. The topological polar surface area (TPSA) is 29.9 Å². The van der Waals surface area contributed by atoms with Crippen molar-refractivity contribution < 1.29 is 0 Å². The zero-order valence-corrected chi connectivity index (χ0v) is 7.83. The molecule has 1 N–H and O–H groups in total. The van der Waals surface area contributed by atoms with E-state index < -0.39 is 0 Å². The van der Waals surface area contributed by atoms with Crippen LogP contribution in [0, 0.1) is 0 Å². The highest BCUT2D eigenvalue weighted by Gasteiger charge is 2.06. The van der Waals surface area contributed by atoms with E-state index in [9.17, 15) is 0 Å². The Morgan fingerprint density at radius 2 is 2.33 bits per heavy atom. The Labute approximate surface area is 73.8 Å². The fourth-order valence-electron chi connectivity index (χ4n) is 1.23. The molecule has 3 heteroatoms. The van der Waals surface area contributed by atoms with E-state index in [4.69, 9.17) is 0 Å². The van der Waals surface area contributed by atoms with Crippen molar-refractivity contribution >= 4 is 0 Å². The Kier molecular flexibility index (Phi) is 3.80. The summed E-state index contributed by atoms with van der Waals surface area (Å²) in [6.07, 6.45) is 4.97. The number of hydrogen-bond donors (Lipinski definition) is 1. The zero-order chi connectivity index (χ0) is 8.81. The van der Waals surface area contributed by atoms with E-state index in [0.717, 1.165) is 19.5 Å². The lowest BCUT2D eigenvalue weighted by Crippen LogP contribution is -2.25. The summed E-state index contributed by atoms with van der Waals surface area (Å²) in [4.78, 5) is 0. The van der Waals surface area contributed by atoms with Gasteiger partial charge in [-0.15, -0.1) is 0 Å². The van der Waals surface area contributed by atoms with Crippen LogP contribution in [0.1, 0.15) is 26.3 Å². The molecule has 0 saturated heterocycles. The lowest BCUT2D eigenvalue weighted by Gasteiger charge is -2.15. The Morgan fingerprint density at radius 1 is 1.50 bits per heavy atom. The van der Waals surface area contributed by atoms with Crippen LogP contribution < -0.4 is 5.32 Å². The fraction of sp³-hybridized carbons (Fsp3) is 0.667. The number of nitrogens with one attached hydrogen (secondary N) is 1. The van der Waals surface area contributed by atoms with Gasteiger partial charge in [-0.1, -0.05) is 13.8 Å². The summed E-state index contributed by atoms with van der Waals surface area (Å²) in [5.41, 5.74) is 0. The highest BCUT2D eigenvalue weighted by Crippen LogP contribution is 2.07. The van der Waals surface area contributed by atoms with Gasteiger partial charge in [-0.25, -0.2) is 0 Å². The highest BCUT2D eigenvalue weighted by molar-refractivity contribution is 4.81. The minimum Gasteiger partial charge on any atom is -0.315 e. The van der Waals surface area contributed by atoms with Crippen LogP contribution >= 0.6 is 0 Å². The van der Waals surface area contributed by atoms with Crippen molar-refractivity contribution in [2.24, 2.45) is 0 Å². The molecule has 1 heterocycles. The summed E-state index contributed by atoms with van der Waals surface area (Å²) in [6, 6.07) is 2.47. The van der Waals surface area contributed by atoms with E-state index >= 15 is 0 Å². The zero-order valence-electron chi connectivity index (χ0n) is 7.83. The van der Waals surface area contributed by atoms with Crippen molar-refractivity contribution in [3.8, 4) is 0 Å². The molecule has 12 heavy (non-hydrogen) atoms. The van der Waals surface area contributed by atoms with Gasteiger partial charge in [0.15, 0.2) is 0 Å². The average Bonchev–Trinajstić information content (AvgIpc) is 2.59. The Morgan fingerprint density at radius 3 is 2.83 bits per heavy atom. The van der Waals surface area contributed by atoms with E-state index in [1.165, 1.54) is 0 Å². The van der Waals surface area contributed by atoms with Crippen LogP contribution in [-0.2, 0) is 0 Å². The molecule has 0 aromatic carbocycles. The first-order valence-electron chi connectivity index (χ1n) is 4.58. The maximum atomic E-state index is 4.22. The van der Waals surface area contributed by atoms with E-state index in [-0.39, 0.29) is 0 Å². The summed E-state index contributed by atoms with van der Waals surface area (Å²) in [6.45, 7) is 6.34. The molecular weight excluding hydrogens is 150 g/mol. The lowest BCUT2D eigenvalue weighted by molar-refractivity contribution is 0.416. The lowest BCUT2D eigenvalue weighted by atomic mass is 10.2. The van der Waals surface area contributed by atoms with Gasteiger partial charge in [0.1, 0.15) is 0 Å². The molecule has 0 radical (unpaired) electrons. The van der Waals surface area contributed by atoms with Gasteiger partial charge in [0.2, 0.25) is 0 Å². The van der Waals surface area contributed by atoms with Crippen LogP contribution in [0.5, 0.6) is 0 Å². The maximum Gasteiger partial charge on any atom is 0.0640 e. The predicted molar refractivity (Wildman–Crippen MR) is 50.1 cm³/mol. The number of likely N-dealkylation sites (N-methyl/N-ethyl adjacent to an activating group) is 1. The summed E-state index contributed by atoms with van der Waals surface area (Å²) < 4.78 is 2.02. The third kappa shape index (κ3) is 2.34. The summed E-state index contributed by atoms with van der Waals surface area (Å²) in [5, 5.41) is 7.54. The fourth-order valence-corrected chi connectivity index (χ4v) is 1.23. The molecule has 0 aliphatic heterocycles. The van der Waals surface area contributed by atoms with Crippen LogP contribution in [0.3, 0.4) is 0 Å². The third-order valence-corrected chi connectivity index (χ3v) is 2.00. The molecule has 0 fully saturated rings. The molecule has 0 saturated carbocycles. The number of aromatic nitrogens is 2. The van der Waals surface area contributed by atoms with Gasteiger partial charge in [-0.2, -0.15) is 5.10 Å². The Bertz CT molecular complexity index is 194. The Hall–Kier alpha value is -0.830. The van der Waals surface area contributed by atoms with Crippen LogP contribution in [0.25, 0.3) is 0 Å². The smallest absolute Gasteiger partial charge is 0.0640 e. The second-order valence-electron chi connectivity index (χ2n) is 2.86. The Balaban J connectivity index is 2.45. The normalized spacial score (nSPS) is 13.2. The van der Waals surface area contributed by atoms with Gasteiger partial charge in [-0.05, 0) is 19.0 Å². The minimum atomic E-state index is 0.500. The maximum absolute atomic E-state index is 4.22. The van der Waals surface area contributed by atoms with Crippen molar-refractivity contribution in [3.05, 3.63) is 18.5 Å². The molecule has 3 nitrogen and oxygen atoms in total. The number of hydrogen-bond acceptors (Lipinski definition) is 2. The van der Waals surface area contributed by atoms with E-state index in [1.54, 1.807) is 0 Å². The van der Waals surface area contributed by atoms with Crippen molar-refractivity contribution in [2.45, 2.75) is 26.3 Å². The summed E-state index contributed by atoms with van der Waals surface area (Å²) in [5.74, 6) is 0. The van der Waals surface area contributed by atoms with Gasteiger partial charge in [0, 0.05) is 18.9 Å². The van der Waals surface area contributed by atoms with E-state index in [1.807, 2.05) is 23.1 Å².